The minimum Gasteiger partial charge on any atom is -0.362 e. The summed E-state index contributed by atoms with van der Waals surface area (Å²) in [7, 11) is 3.96. The topological polar surface area (TPSA) is 16.1 Å². The zero-order valence-electron chi connectivity index (χ0n) is 8.87. The van der Waals surface area contributed by atoms with Gasteiger partial charge in [-0.05, 0) is 12.1 Å². The SMILES string of the molecule is CN(C)c1nc2ccccc2cc1CCl. The Bertz CT molecular complexity index is 480. The molecule has 78 valence electrons. The van der Waals surface area contributed by atoms with Gasteiger partial charge in [-0.1, -0.05) is 18.2 Å². The third kappa shape index (κ3) is 1.90. The zero-order chi connectivity index (χ0) is 10.8. The van der Waals surface area contributed by atoms with Crippen molar-refractivity contribution in [3.63, 3.8) is 0 Å². The predicted molar refractivity (Wildman–Crippen MR) is 65.6 cm³/mol. The summed E-state index contributed by atoms with van der Waals surface area (Å²) >= 11 is 5.91. The lowest BCUT2D eigenvalue weighted by atomic mass is 10.1. The van der Waals surface area contributed by atoms with Crippen LogP contribution in [0, 0.1) is 0 Å². The molecule has 0 atom stereocenters. The number of hydrogen-bond acceptors (Lipinski definition) is 2. The number of halogens is 1. The number of fused-ring (bicyclic) bond motifs is 1. The molecule has 0 radical (unpaired) electrons. The number of nitrogens with zero attached hydrogens (tertiary/aromatic N) is 2. The molecule has 15 heavy (non-hydrogen) atoms. The van der Waals surface area contributed by atoms with E-state index in [0.717, 1.165) is 22.3 Å². The van der Waals surface area contributed by atoms with Crippen molar-refractivity contribution in [3.05, 3.63) is 35.9 Å². The molecule has 1 aromatic heterocycles. The van der Waals surface area contributed by atoms with Gasteiger partial charge in [-0.15, -0.1) is 11.6 Å². The number of para-hydroxylation sites is 1. The van der Waals surface area contributed by atoms with Crippen molar-refractivity contribution in [2.75, 3.05) is 19.0 Å². The Kier molecular flexibility index (Phi) is 2.78. The van der Waals surface area contributed by atoms with Crippen LogP contribution in [-0.4, -0.2) is 19.1 Å². The average molecular weight is 221 g/mol. The lowest BCUT2D eigenvalue weighted by Crippen LogP contribution is -2.12. The minimum atomic E-state index is 0.491. The second-order valence-electron chi connectivity index (χ2n) is 3.69. The highest BCUT2D eigenvalue weighted by Crippen LogP contribution is 2.23. The van der Waals surface area contributed by atoms with Gasteiger partial charge < -0.3 is 4.90 Å². The van der Waals surface area contributed by atoms with E-state index in [1.807, 2.05) is 37.2 Å². The van der Waals surface area contributed by atoms with Gasteiger partial charge in [-0.25, -0.2) is 4.98 Å². The van der Waals surface area contributed by atoms with Crippen LogP contribution in [0.5, 0.6) is 0 Å². The maximum atomic E-state index is 5.91. The predicted octanol–water partition coefficient (Wildman–Crippen LogP) is 3.04. The van der Waals surface area contributed by atoms with Crippen molar-refractivity contribution < 1.29 is 0 Å². The molecule has 0 amide bonds. The van der Waals surface area contributed by atoms with E-state index in [9.17, 15) is 0 Å². The molecule has 0 unspecified atom stereocenters. The fraction of sp³-hybridized carbons (Fsp3) is 0.250. The van der Waals surface area contributed by atoms with E-state index in [2.05, 4.69) is 17.1 Å². The van der Waals surface area contributed by atoms with Gasteiger partial charge in [-0.3, -0.25) is 0 Å². The highest BCUT2D eigenvalue weighted by Gasteiger charge is 2.07. The molecule has 0 bridgehead atoms. The molecule has 0 spiro atoms. The van der Waals surface area contributed by atoms with Crippen molar-refractivity contribution in [1.29, 1.82) is 0 Å². The highest BCUT2D eigenvalue weighted by atomic mass is 35.5. The van der Waals surface area contributed by atoms with E-state index in [0.29, 0.717) is 5.88 Å². The Balaban J connectivity index is 2.69. The third-order valence-electron chi connectivity index (χ3n) is 2.35. The van der Waals surface area contributed by atoms with Gasteiger partial charge in [0, 0.05) is 25.0 Å². The molecule has 1 heterocycles. The summed E-state index contributed by atoms with van der Waals surface area (Å²) in [5.74, 6) is 1.44. The molecular formula is C12H13ClN2. The van der Waals surface area contributed by atoms with Gasteiger partial charge >= 0.3 is 0 Å². The molecule has 0 aliphatic heterocycles. The van der Waals surface area contributed by atoms with E-state index < -0.39 is 0 Å². The maximum absolute atomic E-state index is 5.91. The van der Waals surface area contributed by atoms with Gasteiger partial charge in [-0.2, -0.15) is 0 Å². The van der Waals surface area contributed by atoms with Crippen molar-refractivity contribution in [2.45, 2.75) is 5.88 Å². The second kappa shape index (κ2) is 4.07. The number of pyridine rings is 1. The second-order valence-corrected chi connectivity index (χ2v) is 3.96. The van der Waals surface area contributed by atoms with Gasteiger partial charge in [0.15, 0.2) is 0 Å². The first kappa shape index (κ1) is 10.2. The van der Waals surface area contributed by atoms with Gasteiger partial charge in [0.1, 0.15) is 5.82 Å². The zero-order valence-corrected chi connectivity index (χ0v) is 9.62. The molecule has 0 N–H and O–H groups in total. The summed E-state index contributed by atoms with van der Waals surface area (Å²) in [6.45, 7) is 0. The van der Waals surface area contributed by atoms with Gasteiger partial charge in [0.05, 0.1) is 11.4 Å². The summed E-state index contributed by atoms with van der Waals surface area (Å²) < 4.78 is 0. The smallest absolute Gasteiger partial charge is 0.133 e. The Morgan fingerprint density at radius 1 is 1.27 bits per heavy atom. The molecule has 2 aromatic rings. The van der Waals surface area contributed by atoms with E-state index in [4.69, 9.17) is 11.6 Å². The Morgan fingerprint density at radius 3 is 2.67 bits per heavy atom. The quantitative estimate of drug-likeness (QED) is 0.724. The first-order chi connectivity index (χ1) is 7.22. The molecule has 0 aliphatic carbocycles. The lowest BCUT2D eigenvalue weighted by Gasteiger charge is -2.15. The van der Waals surface area contributed by atoms with E-state index in [1.165, 1.54) is 0 Å². The van der Waals surface area contributed by atoms with E-state index in [1.54, 1.807) is 0 Å². The van der Waals surface area contributed by atoms with E-state index in [-0.39, 0.29) is 0 Å². The number of benzene rings is 1. The standard InChI is InChI=1S/C12H13ClN2/c1-15(2)12-10(8-13)7-9-5-3-4-6-11(9)14-12/h3-7H,8H2,1-2H3. The fourth-order valence-corrected chi connectivity index (χ4v) is 1.83. The minimum absolute atomic E-state index is 0.491. The molecule has 1 aromatic carbocycles. The van der Waals surface area contributed by atoms with Crippen LogP contribution in [0.1, 0.15) is 5.56 Å². The third-order valence-corrected chi connectivity index (χ3v) is 2.64. The van der Waals surface area contributed by atoms with Crippen LogP contribution in [-0.2, 0) is 5.88 Å². The number of anilines is 1. The molecule has 2 rings (SSSR count). The largest absolute Gasteiger partial charge is 0.362 e. The number of aromatic nitrogens is 1. The molecule has 0 saturated carbocycles. The maximum Gasteiger partial charge on any atom is 0.133 e. The van der Waals surface area contributed by atoms with Crippen LogP contribution in [0.4, 0.5) is 5.82 Å². The molecule has 0 saturated heterocycles. The Morgan fingerprint density at radius 2 is 2.00 bits per heavy atom. The van der Waals surface area contributed by atoms with E-state index >= 15 is 0 Å². The fourth-order valence-electron chi connectivity index (χ4n) is 1.64. The molecule has 2 nitrogen and oxygen atoms in total. The number of rotatable bonds is 2. The Labute approximate surface area is 94.5 Å². The summed E-state index contributed by atoms with van der Waals surface area (Å²) in [6, 6.07) is 10.2. The molecule has 3 heteroatoms. The van der Waals surface area contributed by atoms with Crippen LogP contribution in [0.15, 0.2) is 30.3 Å². The van der Waals surface area contributed by atoms with Crippen LogP contribution in [0.25, 0.3) is 10.9 Å². The summed E-state index contributed by atoms with van der Waals surface area (Å²) in [5, 5.41) is 1.14. The molecular weight excluding hydrogens is 208 g/mol. The highest BCUT2D eigenvalue weighted by molar-refractivity contribution is 6.17. The molecule has 0 fully saturated rings. The lowest BCUT2D eigenvalue weighted by molar-refractivity contribution is 1.06. The van der Waals surface area contributed by atoms with Crippen LogP contribution in [0.3, 0.4) is 0 Å². The number of alkyl halides is 1. The summed E-state index contributed by atoms with van der Waals surface area (Å²) in [4.78, 5) is 6.58. The summed E-state index contributed by atoms with van der Waals surface area (Å²) in [6.07, 6.45) is 0. The normalized spacial score (nSPS) is 10.6. The monoisotopic (exact) mass is 220 g/mol. The van der Waals surface area contributed by atoms with Crippen molar-refractivity contribution in [1.82, 2.24) is 4.98 Å². The first-order valence-corrected chi connectivity index (χ1v) is 5.38. The molecule has 0 aliphatic rings. The Hall–Kier alpha value is -1.28. The van der Waals surface area contributed by atoms with Crippen LogP contribution < -0.4 is 4.90 Å². The van der Waals surface area contributed by atoms with Crippen molar-refractivity contribution >= 4 is 28.3 Å². The van der Waals surface area contributed by atoms with Crippen molar-refractivity contribution in [3.8, 4) is 0 Å². The van der Waals surface area contributed by atoms with Gasteiger partial charge in [0.2, 0.25) is 0 Å². The summed E-state index contributed by atoms with van der Waals surface area (Å²) in [5.41, 5.74) is 2.08. The van der Waals surface area contributed by atoms with Crippen LogP contribution >= 0.6 is 11.6 Å². The first-order valence-electron chi connectivity index (χ1n) is 4.84. The van der Waals surface area contributed by atoms with Gasteiger partial charge in [0.25, 0.3) is 0 Å². The number of hydrogen-bond donors (Lipinski definition) is 0. The average Bonchev–Trinajstić information content (AvgIpc) is 2.27. The van der Waals surface area contributed by atoms with Crippen LogP contribution in [0.2, 0.25) is 0 Å². The van der Waals surface area contributed by atoms with Crippen molar-refractivity contribution in [2.24, 2.45) is 0 Å².